The second-order valence-corrected chi connectivity index (χ2v) is 7.74. The molecule has 0 fully saturated rings. The smallest absolute Gasteiger partial charge is 0.299 e. The van der Waals surface area contributed by atoms with Crippen molar-refractivity contribution in [3.8, 4) is 0 Å². The molecule has 0 amide bonds. The fourth-order valence-corrected chi connectivity index (χ4v) is 3.27. The number of hydrogen-bond donors (Lipinski definition) is 4. The van der Waals surface area contributed by atoms with Gasteiger partial charge < -0.3 is 21.1 Å². The van der Waals surface area contributed by atoms with E-state index in [0.717, 1.165) is 12.1 Å². The van der Waals surface area contributed by atoms with Crippen LogP contribution in [0, 0.1) is 26.1 Å². The summed E-state index contributed by atoms with van der Waals surface area (Å²) in [5.41, 5.74) is 5.49. The molecular weight excluding hydrogens is 408 g/mol. The van der Waals surface area contributed by atoms with Crippen molar-refractivity contribution in [3.63, 3.8) is 0 Å². The van der Waals surface area contributed by atoms with Gasteiger partial charge in [-0.15, -0.1) is 0 Å². The highest BCUT2D eigenvalue weighted by Gasteiger charge is 2.30. The molecule has 168 valence electrons. The zero-order valence-corrected chi connectivity index (χ0v) is 17.2. The molecule has 2 rings (SSSR count). The Morgan fingerprint density at radius 2 is 1.97 bits per heavy atom. The number of Topliss-reactive ketones (excluding diaryl/α,β-unsaturated/α-hetero) is 1. The van der Waals surface area contributed by atoms with E-state index >= 15 is 0 Å². The molecule has 2 aromatic rings. The van der Waals surface area contributed by atoms with Crippen LogP contribution < -0.4 is 11.1 Å². The van der Waals surface area contributed by atoms with Crippen molar-refractivity contribution in [1.82, 2.24) is 9.97 Å². The number of nitro groups is 2. The first kappa shape index (κ1) is 23.9. The number of carbonyl (C=O) groups excluding carboxylic acids is 1. The molecule has 3 atom stereocenters. The summed E-state index contributed by atoms with van der Waals surface area (Å²) in [6.07, 6.45) is 2.25. The summed E-state index contributed by atoms with van der Waals surface area (Å²) in [6, 6.07) is 1.64. The lowest BCUT2D eigenvalue weighted by molar-refractivity contribution is -0.393. The third-order valence-corrected chi connectivity index (χ3v) is 4.67. The summed E-state index contributed by atoms with van der Waals surface area (Å²) in [5.74, 6) is -0.305. The summed E-state index contributed by atoms with van der Waals surface area (Å²) in [4.78, 5) is 40.5. The maximum Gasteiger partial charge on any atom is 0.299 e. The Bertz CT molecular complexity index is 917. The van der Waals surface area contributed by atoms with Crippen LogP contribution in [0.1, 0.15) is 32.4 Å². The zero-order valence-electron chi connectivity index (χ0n) is 17.2. The number of anilines is 1. The third-order valence-electron chi connectivity index (χ3n) is 4.67. The molecule has 0 bridgehead atoms. The van der Waals surface area contributed by atoms with Gasteiger partial charge in [0.15, 0.2) is 5.78 Å². The molecule has 0 spiro atoms. The van der Waals surface area contributed by atoms with Gasteiger partial charge in [0.2, 0.25) is 0 Å². The Morgan fingerprint density at radius 1 is 1.26 bits per heavy atom. The second kappa shape index (κ2) is 10.6. The quantitative estimate of drug-likeness (QED) is 0.285. The maximum atomic E-state index is 13.0. The number of aliphatic hydroxyl groups is 1. The van der Waals surface area contributed by atoms with Crippen molar-refractivity contribution < 1.29 is 19.7 Å². The van der Waals surface area contributed by atoms with Gasteiger partial charge in [0.1, 0.15) is 11.8 Å². The fourth-order valence-electron chi connectivity index (χ4n) is 3.27. The van der Waals surface area contributed by atoms with Crippen LogP contribution in [0.2, 0.25) is 0 Å². The molecular formula is C19H26N6O6. The first-order valence-corrected chi connectivity index (χ1v) is 9.72. The summed E-state index contributed by atoms with van der Waals surface area (Å²) >= 11 is 0. The number of aromatic amines is 1. The third kappa shape index (κ3) is 6.83. The van der Waals surface area contributed by atoms with E-state index in [1.807, 2.05) is 13.8 Å². The van der Waals surface area contributed by atoms with Gasteiger partial charge in [-0.1, -0.05) is 13.8 Å². The van der Waals surface area contributed by atoms with Crippen molar-refractivity contribution in [1.29, 1.82) is 0 Å². The summed E-state index contributed by atoms with van der Waals surface area (Å²) in [5, 5.41) is 35.6. The number of imidazole rings is 1. The predicted molar refractivity (Wildman–Crippen MR) is 113 cm³/mol. The summed E-state index contributed by atoms with van der Waals surface area (Å²) in [7, 11) is 0. The van der Waals surface area contributed by atoms with Crippen LogP contribution in [0.25, 0.3) is 0 Å². The van der Waals surface area contributed by atoms with E-state index in [0.29, 0.717) is 18.0 Å². The zero-order chi connectivity index (χ0) is 23.1. The number of H-pyrrole nitrogens is 1. The SMILES string of the molecule is CC(C)CC(N)CC(O)C(=O)[C@H](Cc1cnc[nH]1)Nc1ccc([N+](=O)[O-])cc1[N+](=O)[O-]. The highest BCUT2D eigenvalue weighted by molar-refractivity contribution is 5.91. The maximum absolute atomic E-state index is 13.0. The highest BCUT2D eigenvalue weighted by Crippen LogP contribution is 2.30. The van der Waals surface area contributed by atoms with Crippen LogP contribution in [-0.4, -0.2) is 48.9 Å². The van der Waals surface area contributed by atoms with Crippen molar-refractivity contribution in [2.24, 2.45) is 11.7 Å². The van der Waals surface area contributed by atoms with Crippen molar-refractivity contribution in [2.45, 2.75) is 51.3 Å². The van der Waals surface area contributed by atoms with E-state index in [4.69, 9.17) is 5.73 Å². The number of ketones is 1. The van der Waals surface area contributed by atoms with Gasteiger partial charge in [-0.05, 0) is 24.8 Å². The van der Waals surface area contributed by atoms with Crippen LogP contribution in [0.5, 0.6) is 0 Å². The number of aromatic nitrogens is 2. The average molecular weight is 434 g/mol. The Balaban J connectivity index is 2.29. The Kier molecular flexibility index (Phi) is 8.16. The largest absolute Gasteiger partial charge is 0.385 e. The molecule has 2 unspecified atom stereocenters. The first-order valence-electron chi connectivity index (χ1n) is 9.72. The molecule has 0 saturated heterocycles. The van der Waals surface area contributed by atoms with Gasteiger partial charge in [-0.25, -0.2) is 4.98 Å². The number of nitrogens with one attached hydrogen (secondary N) is 2. The van der Waals surface area contributed by atoms with Gasteiger partial charge in [0.05, 0.1) is 28.3 Å². The molecule has 1 heterocycles. The van der Waals surface area contributed by atoms with E-state index in [9.17, 15) is 30.1 Å². The number of carbonyl (C=O) groups is 1. The molecule has 0 radical (unpaired) electrons. The number of aliphatic hydroxyl groups excluding tert-OH is 1. The lowest BCUT2D eigenvalue weighted by Gasteiger charge is -2.23. The molecule has 0 aliphatic carbocycles. The van der Waals surface area contributed by atoms with Crippen LogP contribution in [0.4, 0.5) is 17.1 Å². The van der Waals surface area contributed by atoms with Crippen LogP contribution in [0.3, 0.4) is 0 Å². The number of nitrogens with two attached hydrogens (primary N) is 1. The summed E-state index contributed by atoms with van der Waals surface area (Å²) < 4.78 is 0. The molecule has 0 aliphatic rings. The Morgan fingerprint density at radius 3 is 2.52 bits per heavy atom. The number of rotatable bonds is 12. The van der Waals surface area contributed by atoms with E-state index in [-0.39, 0.29) is 24.6 Å². The molecule has 1 aromatic carbocycles. The molecule has 12 nitrogen and oxygen atoms in total. The number of nitro benzene ring substituents is 2. The summed E-state index contributed by atoms with van der Waals surface area (Å²) in [6.45, 7) is 3.95. The number of benzene rings is 1. The fraction of sp³-hybridized carbons (Fsp3) is 0.474. The molecule has 1 aromatic heterocycles. The van der Waals surface area contributed by atoms with Crippen molar-refractivity contribution in [3.05, 3.63) is 56.6 Å². The van der Waals surface area contributed by atoms with E-state index in [2.05, 4.69) is 15.3 Å². The minimum absolute atomic E-state index is 0.0422. The van der Waals surface area contributed by atoms with Gasteiger partial charge in [-0.3, -0.25) is 25.0 Å². The molecule has 31 heavy (non-hydrogen) atoms. The van der Waals surface area contributed by atoms with Gasteiger partial charge in [0, 0.05) is 30.4 Å². The van der Waals surface area contributed by atoms with Gasteiger partial charge in [-0.2, -0.15) is 0 Å². The molecule has 12 heteroatoms. The van der Waals surface area contributed by atoms with E-state index < -0.39 is 39.2 Å². The molecule has 5 N–H and O–H groups in total. The monoisotopic (exact) mass is 434 g/mol. The molecule has 0 saturated carbocycles. The minimum Gasteiger partial charge on any atom is -0.385 e. The predicted octanol–water partition coefficient (Wildman–Crippen LogP) is 1.94. The second-order valence-electron chi connectivity index (χ2n) is 7.74. The van der Waals surface area contributed by atoms with Crippen molar-refractivity contribution >= 4 is 22.8 Å². The van der Waals surface area contributed by atoms with Crippen LogP contribution >= 0.6 is 0 Å². The lowest BCUT2D eigenvalue weighted by Crippen LogP contribution is -2.42. The van der Waals surface area contributed by atoms with E-state index in [1.54, 1.807) is 0 Å². The average Bonchev–Trinajstić information content (AvgIpc) is 3.19. The van der Waals surface area contributed by atoms with Crippen LogP contribution in [-0.2, 0) is 11.2 Å². The lowest BCUT2D eigenvalue weighted by atomic mass is 9.94. The van der Waals surface area contributed by atoms with Gasteiger partial charge >= 0.3 is 0 Å². The Hall–Kier alpha value is -3.38. The normalized spacial score (nSPS) is 14.1. The number of nitrogens with zero attached hydrogens (tertiary/aromatic N) is 3. The number of hydrogen-bond acceptors (Lipinski definition) is 9. The minimum atomic E-state index is -1.38. The molecule has 0 aliphatic heterocycles. The Labute approximate surface area is 178 Å². The first-order chi connectivity index (χ1) is 14.6. The van der Waals surface area contributed by atoms with Crippen molar-refractivity contribution in [2.75, 3.05) is 5.32 Å². The standard InChI is InChI=1S/C19H26N6O6/c1-11(2)5-12(20)6-18(26)19(27)16(7-13-9-21-10-22-13)23-15-4-3-14(24(28)29)8-17(15)25(30)31/h3-4,8-12,16,18,23,26H,5-7,20H2,1-2H3,(H,21,22)/t12?,16-,18?/m0/s1. The highest BCUT2D eigenvalue weighted by atomic mass is 16.6. The van der Waals surface area contributed by atoms with Gasteiger partial charge in [0.25, 0.3) is 11.4 Å². The number of non-ortho nitro benzene ring substituents is 1. The van der Waals surface area contributed by atoms with Crippen LogP contribution in [0.15, 0.2) is 30.7 Å². The topological polar surface area (TPSA) is 190 Å². The van der Waals surface area contributed by atoms with E-state index in [1.165, 1.54) is 18.6 Å².